The summed E-state index contributed by atoms with van der Waals surface area (Å²) in [6, 6.07) is 16.8. The largest absolute Gasteiger partial charge is 0.368 e. The highest BCUT2D eigenvalue weighted by Crippen LogP contribution is 2.25. The Labute approximate surface area is 181 Å². The van der Waals surface area contributed by atoms with E-state index in [0.717, 1.165) is 41.4 Å². The maximum Gasteiger partial charge on any atom is 0.242 e. The Morgan fingerprint density at radius 2 is 1.69 bits per heavy atom. The van der Waals surface area contributed by atoms with Crippen LogP contribution in [0.2, 0.25) is 0 Å². The lowest BCUT2D eigenvalue weighted by Gasteiger charge is -2.37. The molecule has 0 aliphatic carbocycles. The number of aryl methyl sites for hydroxylation is 2. The summed E-state index contributed by atoms with van der Waals surface area (Å²) in [6.45, 7) is 7.71. The van der Waals surface area contributed by atoms with Crippen molar-refractivity contribution in [1.29, 1.82) is 0 Å². The first-order chi connectivity index (χ1) is 14.0. The van der Waals surface area contributed by atoms with Gasteiger partial charge in [-0.1, -0.05) is 48.0 Å². The van der Waals surface area contributed by atoms with Crippen LogP contribution in [0.3, 0.4) is 0 Å². The minimum Gasteiger partial charge on any atom is -0.368 e. The topological polar surface area (TPSA) is 28.5 Å². The predicted octanol–water partition coefficient (Wildman–Crippen LogP) is 4.91. The smallest absolute Gasteiger partial charge is 0.242 e. The molecule has 0 unspecified atom stereocenters. The van der Waals surface area contributed by atoms with Crippen LogP contribution in [0.25, 0.3) is 11.3 Å². The monoisotopic (exact) mass is 423 g/mol. The highest BCUT2D eigenvalue weighted by Gasteiger charge is 2.23. The number of benzene rings is 2. The lowest BCUT2D eigenvalue weighted by molar-refractivity contribution is -0.132. The van der Waals surface area contributed by atoms with Gasteiger partial charge < -0.3 is 14.4 Å². The zero-order valence-electron chi connectivity index (χ0n) is 16.8. The van der Waals surface area contributed by atoms with Crippen LogP contribution in [0.1, 0.15) is 11.1 Å². The molecule has 1 aliphatic heterocycles. The van der Waals surface area contributed by atoms with Gasteiger partial charge in [-0.15, -0.1) is 11.3 Å². The lowest BCUT2D eigenvalue weighted by atomic mass is 10.1. The van der Waals surface area contributed by atoms with E-state index in [1.54, 1.807) is 0 Å². The fraction of sp³-hybridized carbons (Fsp3) is 0.304. The van der Waals surface area contributed by atoms with Gasteiger partial charge in [0.25, 0.3) is 0 Å². The Morgan fingerprint density at radius 3 is 2.38 bits per heavy atom. The third kappa shape index (κ3) is 4.28. The molecule has 0 bridgehead atoms. The Hall–Kier alpha value is -2.44. The molecule has 4 rings (SSSR count). The van der Waals surface area contributed by atoms with E-state index >= 15 is 0 Å². The molecule has 150 valence electrons. The molecule has 3 aromatic rings. The number of nitrogens with zero attached hydrogens (tertiary/aromatic N) is 3. The van der Waals surface area contributed by atoms with Crippen molar-refractivity contribution in [3.63, 3.8) is 0 Å². The molecule has 0 atom stereocenters. The van der Waals surface area contributed by atoms with Gasteiger partial charge in [-0.2, -0.15) is 0 Å². The Morgan fingerprint density at radius 1 is 1.00 bits per heavy atom. The minimum atomic E-state index is 0.136. The maximum atomic E-state index is 13.0. The van der Waals surface area contributed by atoms with Crippen molar-refractivity contribution in [1.82, 2.24) is 9.47 Å². The molecule has 0 spiro atoms. The van der Waals surface area contributed by atoms with Gasteiger partial charge >= 0.3 is 0 Å². The Balaban J connectivity index is 1.45. The minimum absolute atomic E-state index is 0.136. The van der Waals surface area contributed by atoms with E-state index in [4.69, 9.17) is 12.2 Å². The summed E-state index contributed by atoms with van der Waals surface area (Å²) < 4.78 is 2.72. The van der Waals surface area contributed by atoms with E-state index in [0.29, 0.717) is 6.54 Å². The highest BCUT2D eigenvalue weighted by atomic mass is 32.1. The van der Waals surface area contributed by atoms with Crippen LogP contribution in [-0.2, 0) is 11.3 Å². The van der Waals surface area contributed by atoms with Gasteiger partial charge in [0.1, 0.15) is 6.54 Å². The van der Waals surface area contributed by atoms with E-state index in [1.807, 2.05) is 9.47 Å². The van der Waals surface area contributed by atoms with Crippen LogP contribution >= 0.6 is 23.6 Å². The lowest BCUT2D eigenvalue weighted by Crippen LogP contribution is -2.49. The molecular formula is C23H25N3OS2. The molecule has 2 aromatic carbocycles. The molecule has 0 saturated carbocycles. The average Bonchev–Trinajstić information content (AvgIpc) is 3.09. The first kappa shape index (κ1) is 19.9. The number of aromatic nitrogens is 1. The number of rotatable bonds is 4. The highest BCUT2D eigenvalue weighted by molar-refractivity contribution is 7.73. The van der Waals surface area contributed by atoms with Crippen LogP contribution < -0.4 is 4.90 Å². The third-order valence-electron chi connectivity index (χ3n) is 5.51. The average molecular weight is 424 g/mol. The quantitative estimate of drug-likeness (QED) is 0.558. The molecule has 1 amide bonds. The summed E-state index contributed by atoms with van der Waals surface area (Å²) in [6.07, 6.45) is 0. The molecule has 0 radical (unpaired) electrons. The summed E-state index contributed by atoms with van der Waals surface area (Å²) in [5, 5.41) is 2.05. The van der Waals surface area contributed by atoms with Crippen molar-refractivity contribution in [3.05, 3.63) is 69.0 Å². The van der Waals surface area contributed by atoms with Crippen LogP contribution in [0, 0.1) is 17.8 Å². The van der Waals surface area contributed by atoms with Gasteiger partial charge in [-0.3, -0.25) is 4.79 Å². The molecular weight excluding hydrogens is 398 g/mol. The first-order valence-corrected chi connectivity index (χ1v) is 11.2. The third-order valence-corrected chi connectivity index (χ3v) is 6.78. The van der Waals surface area contributed by atoms with Gasteiger partial charge in [-0.05, 0) is 43.3 Å². The van der Waals surface area contributed by atoms with Crippen molar-refractivity contribution in [2.75, 3.05) is 31.1 Å². The summed E-state index contributed by atoms with van der Waals surface area (Å²) in [4.78, 5) is 17.3. The van der Waals surface area contributed by atoms with Crippen LogP contribution in [0.4, 0.5) is 5.69 Å². The molecule has 1 aromatic heterocycles. The van der Waals surface area contributed by atoms with Crippen molar-refractivity contribution >= 4 is 35.1 Å². The van der Waals surface area contributed by atoms with Crippen LogP contribution in [0.15, 0.2) is 53.9 Å². The summed E-state index contributed by atoms with van der Waals surface area (Å²) in [5.74, 6) is 0.136. The van der Waals surface area contributed by atoms with Gasteiger partial charge in [-0.25, -0.2) is 0 Å². The maximum absolute atomic E-state index is 13.0. The zero-order chi connectivity index (χ0) is 20.4. The van der Waals surface area contributed by atoms with Crippen LogP contribution in [-0.4, -0.2) is 41.6 Å². The number of amides is 1. The number of carbonyl (C=O) groups excluding carboxylic acids is 1. The molecule has 2 heterocycles. The van der Waals surface area contributed by atoms with Crippen LogP contribution in [0.5, 0.6) is 0 Å². The Bertz CT molecular complexity index is 1060. The molecule has 0 N–H and O–H groups in total. The second-order valence-electron chi connectivity index (χ2n) is 7.49. The normalized spacial score (nSPS) is 14.3. The number of thiazole rings is 1. The van der Waals surface area contributed by atoms with Crippen molar-refractivity contribution < 1.29 is 4.79 Å². The number of hydrogen-bond acceptors (Lipinski definition) is 4. The first-order valence-electron chi connectivity index (χ1n) is 9.86. The summed E-state index contributed by atoms with van der Waals surface area (Å²) in [5.41, 5.74) is 5.88. The summed E-state index contributed by atoms with van der Waals surface area (Å²) >= 11 is 7.03. The molecule has 6 heteroatoms. The number of anilines is 1. The molecule has 1 aliphatic rings. The SMILES string of the molecule is Cc1ccc(-c2csc(=S)n2CC(=O)N2CCN(c3ccccc3C)CC2)cc1. The van der Waals surface area contributed by atoms with E-state index in [9.17, 15) is 4.79 Å². The fourth-order valence-corrected chi connectivity index (χ4v) is 4.85. The molecule has 1 saturated heterocycles. The van der Waals surface area contributed by atoms with Crippen molar-refractivity contribution in [3.8, 4) is 11.3 Å². The predicted molar refractivity (Wildman–Crippen MR) is 123 cm³/mol. The second kappa shape index (κ2) is 8.51. The molecule has 4 nitrogen and oxygen atoms in total. The number of hydrogen-bond donors (Lipinski definition) is 0. The number of para-hydroxylation sites is 1. The van der Waals surface area contributed by atoms with Gasteiger partial charge in [0.05, 0.1) is 5.69 Å². The Kier molecular flexibility index (Phi) is 5.83. The number of piperazine rings is 1. The number of carbonyl (C=O) groups is 1. The standard InChI is InChI=1S/C23H25N3OS2/c1-17-7-9-19(10-8-17)21-16-29-23(28)26(21)15-22(27)25-13-11-24(12-14-25)20-6-4-3-5-18(20)2/h3-10,16H,11-15H2,1-2H3. The molecule has 1 fully saturated rings. The van der Waals surface area contributed by atoms with E-state index in [-0.39, 0.29) is 5.91 Å². The molecule has 29 heavy (non-hydrogen) atoms. The van der Waals surface area contributed by atoms with Crippen molar-refractivity contribution in [2.45, 2.75) is 20.4 Å². The van der Waals surface area contributed by atoms with Gasteiger partial charge in [0.2, 0.25) is 5.91 Å². The van der Waals surface area contributed by atoms with E-state index < -0.39 is 0 Å². The van der Waals surface area contributed by atoms with Crippen molar-refractivity contribution in [2.24, 2.45) is 0 Å². The summed E-state index contributed by atoms with van der Waals surface area (Å²) in [7, 11) is 0. The van der Waals surface area contributed by atoms with Gasteiger partial charge in [0, 0.05) is 37.2 Å². The second-order valence-corrected chi connectivity index (χ2v) is 9.00. The van der Waals surface area contributed by atoms with Gasteiger partial charge in [0.15, 0.2) is 3.95 Å². The fourth-order valence-electron chi connectivity index (χ4n) is 3.78. The van der Waals surface area contributed by atoms with E-state index in [2.05, 4.69) is 72.7 Å². The van der Waals surface area contributed by atoms with E-state index in [1.165, 1.54) is 28.2 Å². The zero-order valence-corrected chi connectivity index (χ0v) is 18.4.